The van der Waals surface area contributed by atoms with Crippen molar-refractivity contribution in [2.24, 2.45) is 0 Å². The molecule has 1 rings (SSSR count). The smallest absolute Gasteiger partial charge is 0.223 e. The van der Waals surface area contributed by atoms with Gasteiger partial charge in [-0.25, -0.2) is 0 Å². The van der Waals surface area contributed by atoms with Crippen LogP contribution in [0.2, 0.25) is 0 Å². The summed E-state index contributed by atoms with van der Waals surface area (Å²) < 4.78 is 0. The van der Waals surface area contributed by atoms with E-state index in [4.69, 9.17) is 0 Å². The molecule has 5 heteroatoms. The first-order valence-electron chi connectivity index (χ1n) is 7.02. The monoisotopic (exact) mass is 286 g/mol. The fourth-order valence-corrected chi connectivity index (χ4v) is 3.56. The third-order valence-corrected chi connectivity index (χ3v) is 4.45. The first-order chi connectivity index (χ1) is 8.81. The molecular weight excluding hydrogens is 260 g/mol. The molecule has 19 heavy (non-hydrogen) atoms. The van der Waals surface area contributed by atoms with Crippen molar-refractivity contribution in [3.05, 3.63) is 0 Å². The van der Waals surface area contributed by atoms with Crippen molar-refractivity contribution in [1.82, 2.24) is 9.80 Å². The van der Waals surface area contributed by atoms with E-state index in [1.54, 1.807) is 6.92 Å². The molecule has 1 fully saturated rings. The van der Waals surface area contributed by atoms with Crippen molar-refractivity contribution in [2.75, 3.05) is 19.6 Å². The highest BCUT2D eigenvalue weighted by molar-refractivity contribution is 8.14. The fourth-order valence-electron chi connectivity index (χ4n) is 2.61. The summed E-state index contributed by atoms with van der Waals surface area (Å²) >= 11 is 1.30. The molecule has 0 bridgehead atoms. The van der Waals surface area contributed by atoms with Gasteiger partial charge in [0.2, 0.25) is 5.91 Å². The topological polar surface area (TPSA) is 40.6 Å². The van der Waals surface area contributed by atoms with Crippen LogP contribution >= 0.6 is 11.8 Å². The number of amides is 1. The number of hydrogen-bond acceptors (Lipinski definition) is 4. The maximum atomic E-state index is 11.9. The summed E-state index contributed by atoms with van der Waals surface area (Å²) in [6, 6.07) is 0.972. The van der Waals surface area contributed by atoms with Gasteiger partial charge in [-0.05, 0) is 27.7 Å². The molecule has 1 aliphatic heterocycles. The lowest BCUT2D eigenvalue weighted by Crippen LogP contribution is -2.43. The molecule has 1 amide bonds. The maximum absolute atomic E-state index is 11.9. The average Bonchev–Trinajstić information content (AvgIpc) is 2.57. The molecule has 0 aromatic rings. The Morgan fingerprint density at radius 1 is 1.37 bits per heavy atom. The van der Waals surface area contributed by atoms with Gasteiger partial charge in [0.1, 0.15) is 0 Å². The minimum absolute atomic E-state index is 0.102. The Kier molecular flexibility index (Phi) is 6.33. The minimum Gasteiger partial charge on any atom is -0.340 e. The van der Waals surface area contributed by atoms with E-state index in [0.29, 0.717) is 25.0 Å². The van der Waals surface area contributed by atoms with Gasteiger partial charge in [0.25, 0.3) is 0 Å². The van der Waals surface area contributed by atoms with Crippen LogP contribution in [0.4, 0.5) is 0 Å². The van der Waals surface area contributed by atoms with Crippen LogP contribution in [0.3, 0.4) is 0 Å². The lowest BCUT2D eigenvalue weighted by Gasteiger charge is -2.32. The summed E-state index contributed by atoms with van der Waals surface area (Å²) in [4.78, 5) is 27.3. The molecule has 0 aromatic heterocycles. The number of likely N-dealkylation sites (tertiary alicyclic amines) is 1. The molecule has 1 unspecified atom stereocenters. The van der Waals surface area contributed by atoms with E-state index in [9.17, 15) is 9.59 Å². The fraction of sp³-hybridized carbons (Fsp3) is 0.857. The summed E-state index contributed by atoms with van der Waals surface area (Å²) in [7, 11) is 0. The van der Waals surface area contributed by atoms with Gasteiger partial charge in [0.05, 0.1) is 0 Å². The molecular formula is C14H26N2O2S. The molecule has 1 aliphatic rings. The molecule has 0 saturated carbocycles. The number of nitrogens with zero attached hydrogens (tertiary/aromatic N) is 2. The van der Waals surface area contributed by atoms with Gasteiger partial charge in [-0.15, -0.1) is 0 Å². The second kappa shape index (κ2) is 7.29. The van der Waals surface area contributed by atoms with Gasteiger partial charge in [0.15, 0.2) is 5.12 Å². The number of hydrogen-bond donors (Lipinski definition) is 0. The molecule has 0 N–H and O–H groups in total. The van der Waals surface area contributed by atoms with E-state index in [-0.39, 0.29) is 16.3 Å². The number of carbonyl (C=O) groups excluding carboxylic acids is 2. The van der Waals surface area contributed by atoms with Crippen LogP contribution in [0.25, 0.3) is 0 Å². The molecule has 0 spiro atoms. The van der Waals surface area contributed by atoms with Crippen LogP contribution in [-0.2, 0) is 9.59 Å². The zero-order valence-corrected chi connectivity index (χ0v) is 13.5. The average molecular weight is 286 g/mol. The summed E-state index contributed by atoms with van der Waals surface area (Å²) in [6.07, 6.45) is 0.508. The number of rotatable bonds is 6. The van der Waals surface area contributed by atoms with Crippen LogP contribution in [0.5, 0.6) is 0 Å². The maximum Gasteiger partial charge on any atom is 0.223 e. The third-order valence-electron chi connectivity index (χ3n) is 3.47. The van der Waals surface area contributed by atoms with Gasteiger partial charge in [0, 0.05) is 50.3 Å². The largest absolute Gasteiger partial charge is 0.340 e. The van der Waals surface area contributed by atoms with Crippen LogP contribution < -0.4 is 0 Å². The first kappa shape index (κ1) is 16.5. The molecule has 4 nitrogen and oxygen atoms in total. The lowest BCUT2D eigenvalue weighted by atomic mass is 10.2. The predicted molar refractivity (Wildman–Crippen MR) is 80.2 cm³/mol. The van der Waals surface area contributed by atoms with E-state index < -0.39 is 0 Å². The lowest BCUT2D eigenvalue weighted by molar-refractivity contribution is -0.128. The van der Waals surface area contributed by atoms with E-state index in [1.165, 1.54) is 11.8 Å². The number of carbonyl (C=O) groups is 2. The second-order valence-electron chi connectivity index (χ2n) is 5.70. The van der Waals surface area contributed by atoms with Gasteiger partial charge >= 0.3 is 0 Å². The van der Waals surface area contributed by atoms with Gasteiger partial charge < -0.3 is 4.90 Å². The summed E-state index contributed by atoms with van der Waals surface area (Å²) in [5, 5.41) is 0.252. The van der Waals surface area contributed by atoms with E-state index in [0.717, 1.165) is 13.1 Å². The van der Waals surface area contributed by atoms with Crippen LogP contribution in [0.15, 0.2) is 0 Å². The molecule has 1 heterocycles. The Morgan fingerprint density at radius 3 is 2.42 bits per heavy atom. The first-order valence-corrected chi connectivity index (χ1v) is 7.90. The summed E-state index contributed by atoms with van der Waals surface area (Å²) in [5.74, 6) is 0.186. The van der Waals surface area contributed by atoms with Crippen molar-refractivity contribution in [2.45, 2.75) is 58.4 Å². The molecule has 1 atom stereocenters. The Bertz CT molecular complexity index is 323. The second-order valence-corrected chi connectivity index (χ2v) is 7.18. The van der Waals surface area contributed by atoms with E-state index in [1.807, 2.05) is 4.90 Å². The van der Waals surface area contributed by atoms with Crippen molar-refractivity contribution in [3.8, 4) is 0 Å². The highest BCUT2D eigenvalue weighted by Crippen LogP contribution is 2.24. The zero-order chi connectivity index (χ0) is 14.6. The summed E-state index contributed by atoms with van der Waals surface area (Å²) in [6.45, 7) is 12.7. The molecule has 0 aliphatic carbocycles. The third kappa shape index (κ3) is 5.15. The molecule has 0 aromatic carbocycles. The van der Waals surface area contributed by atoms with Crippen molar-refractivity contribution < 1.29 is 9.59 Å². The van der Waals surface area contributed by atoms with Crippen molar-refractivity contribution >= 4 is 22.8 Å². The minimum atomic E-state index is 0.102. The molecule has 110 valence electrons. The van der Waals surface area contributed by atoms with E-state index in [2.05, 4.69) is 32.6 Å². The Balaban J connectivity index is 2.45. The Hall–Kier alpha value is -0.550. The standard InChI is InChI=1S/C14H26N2O2S/c1-10(2)16(11(3)4)7-6-15-9-13(8-14(15)18)19-12(5)17/h10-11,13H,6-9H2,1-5H3. The number of thioether (sulfide) groups is 1. The van der Waals surface area contributed by atoms with Gasteiger partial charge in [-0.1, -0.05) is 11.8 Å². The van der Waals surface area contributed by atoms with Crippen molar-refractivity contribution in [3.63, 3.8) is 0 Å². The van der Waals surface area contributed by atoms with E-state index >= 15 is 0 Å². The highest BCUT2D eigenvalue weighted by atomic mass is 32.2. The van der Waals surface area contributed by atoms with Crippen LogP contribution in [0, 0.1) is 0 Å². The normalized spacial score (nSPS) is 20.1. The summed E-state index contributed by atoms with van der Waals surface area (Å²) in [5.41, 5.74) is 0. The molecule has 1 saturated heterocycles. The highest BCUT2D eigenvalue weighted by Gasteiger charge is 2.31. The Morgan fingerprint density at radius 2 is 1.95 bits per heavy atom. The zero-order valence-electron chi connectivity index (χ0n) is 12.7. The predicted octanol–water partition coefficient (Wildman–Crippen LogP) is 1.99. The van der Waals surface area contributed by atoms with Crippen molar-refractivity contribution in [1.29, 1.82) is 0 Å². The quantitative estimate of drug-likeness (QED) is 0.749. The SMILES string of the molecule is CC(=O)SC1CC(=O)N(CCN(C(C)C)C(C)C)C1. The Labute approximate surface area is 120 Å². The van der Waals surface area contributed by atoms with Crippen LogP contribution in [0.1, 0.15) is 41.0 Å². The molecule has 0 radical (unpaired) electrons. The van der Waals surface area contributed by atoms with Gasteiger partial charge in [-0.3, -0.25) is 14.5 Å². The van der Waals surface area contributed by atoms with Gasteiger partial charge in [-0.2, -0.15) is 0 Å². The van der Waals surface area contributed by atoms with Crippen LogP contribution in [-0.4, -0.2) is 57.8 Å².